The number of amides is 1. The monoisotopic (exact) mass is 301 g/mol. The summed E-state index contributed by atoms with van der Waals surface area (Å²) in [6.07, 6.45) is 3.45. The molecule has 0 heterocycles. The summed E-state index contributed by atoms with van der Waals surface area (Å²) < 4.78 is 0. The van der Waals surface area contributed by atoms with Crippen molar-refractivity contribution in [3.8, 4) is 0 Å². The Morgan fingerprint density at radius 1 is 0.957 bits per heavy atom. The molecule has 0 aliphatic heterocycles. The Morgan fingerprint density at radius 2 is 1.74 bits per heavy atom. The average molecular weight is 301 g/mol. The fraction of sp³-hybridized carbons (Fsp3) is 0.0952. The van der Waals surface area contributed by atoms with Gasteiger partial charge >= 0.3 is 0 Å². The van der Waals surface area contributed by atoms with Crippen LogP contribution in [-0.4, -0.2) is 5.91 Å². The lowest BCUT2D eigenvalue weighted by Crippen LogP contribution is -2.08. The van der Waals surface area contributed by atoms with Gasteiger partial charge in [0.1, 0.15) is 0 Å². The largest absolute Gasteiger partial charge is 0.322 e. The van der Waals surface area contributed by atoms with Gasteiger partial charge in [-0.25, -0.2) is 0 Å². The van der Waals surface area contributed by atoms with E-state index in [9.17, 15) is 4.79 Å². The molecular formula is C21H19NO. The smallest absolute Gasteiger partial charge is 0.248 e. The number of rotatable bonds is 3. The van der Waals surface area contributed by atoms with E-state index < -0.39 is 0 Å². The summed E-state index contributed by atoms with van der Waals surface area (Å²) in [6, 6.07) is 20.3. The van der Waals surface area contributed by atoms with E-state index in [2.05, 4.69) is 29.6 Å². The van der Waals surface area contributed by atoms with Crippen molar-refractivity contribution >= 4 is 28.4 Å². The Balaban J connectivity index is 1.80. The summed E-state index contributed by atoms with van der Waals surface area (Å²) in [7, 11) is 0. The zero-order chi connectivity index (χ0) is 16.2. The molecular weight excluding hydrogens is 282 g/mol. The van der Waals surface area contributed by atoms with Gasteiger partial charge in [0.25, 0.3) is 0 Å². The number of hydrogen-bond acceptors (Lipinski definition) is 1. The second-order valence-corrected chi connectivity index (χ2v) is 5.71. The maximum atomic E-state index is 12.2. The molecule has 0 saturated heterocycles. The number of carbonyl (C=O) groups is 1. The molecule has 1 N–H and O–H groups in total. The minimum Gasteiger partial charge on any atom is -0.322 e. The van der Waals surface area contributed by atoms with Gasteiger partial charge in [0.15, 0.2) is 0 Å². The lowest BCUT2D eigenvalue weighted by molar-refractivity contribution is -0.111. The Morgan fingerprint density at radius 3 is 2.57 bits per heavy atom. The summed E-state index contributed by atoms with van der Waals surface area (Å²) in [4.78, 5) is 12.2. The van der Waals surface area contributed by atoms with Crippen LogP contribution < -0.4 is 5.32 Å². The first-order valence-electron chi connectivity index (χ1n) is 7.67. The summed E-state index contributed by atoms with van der Waals surface area (Å²) in [5.41, 5.74) is 4.14. The van der Waals surface area contributed by atoms with Gasteiger partial charge < -0.3 is 5.32 Å². The molecule has 0 aromatic heterocycles. The molecule has 0 unspecified atom stereocenters. The molecule has 2 nitrogen and oxygen atoms in total. The predicted octanol–water partition coefficient (Wildman–Crippen LogP) is 5.11. The molecule has 114 valence electrons. The molecule has 0 fully saturated rings. The van der Waals surface area contributed by atoms with Crippen molar-refractivity contribution in [2.24, 2.45) is 0 Å². The molecule has 0 bridgehead atoms. The van der Waals surface area contributed by atoms with Crippen LogP contribution in [0.5, 0.6) is 0 Å². The van der Waals surface area contributed by atoms with E-state index >= 15 is 0 Å². The van der Waals surface area contributed by atoms with Crippen LogP contribution in [0.1, 0.15) is 16.7 Å². The van der Waals surface area contributed by atoms with Crippen LogP contribution in [-0.2, 0) is 4.79 Å². The van der Waals surface area contributed by atoms with E-state index in [-0.39, 0.29) is 5.91 Å². The normalized spacial score (nSPS) is 11.0. The van der Waals surface area contributed by atoms with Gasteiger partial charge in [-0.2, -0.15) is 0 Å². The lowest BCUT2D eigenvalue weighted by atomic mass is 10.0. The Hall–Kier alpha value is -2.87. The number of anilines is 1. The van der Waals surface area contributed by atoms with Crippen molar-refractivity contribution in [2.45, 2.75) is 13.8 Å². The van der Waals surface area contributed by atoms with E-state index in [1.54, 1.807) is 6.08 Å². The molecule has 0 radical (unpaired) electrons. The molecule has 2 heteroatoms. The summed E-state index contributed by atoms with van der Waals surface area (Å²) in [5.74, 6) is -0.120. The van der Waals surface area contributed by atoms with Crippen LogP contribution >= 0.6 is 0 Å². The topological polar surface area (TPSA) is 29.1 Å². The standard InChI is InChI=1S/C21H19NO/c1-15-10-12-20(16(2)14-15)22-21(23)13-11-18-8-5-7-17-6-3-4-9-19(17)18/h3-14H,1-2H3,(H,22,23)/b13-11-. The number of nitrogens with one attached hydrogen (secondary N) is 1. The second-order valence-electron chi connectivity index (χ2n) is 5.71. The van der Waals surface area contributed by atoms with Crippen LogP contribution in [0, 0.1) is 13.8 Å². The molecule has 1 amide bonds. The van der Waals surface area contributed by atoms with Crippen LogP contribution in [0.3, 0.4) is 0 Å². The maximum absolute atomic E-state index is 12.2. The highest BCUT2D eigenvalue weighted by Crippen LogP contribution is 2.20. The van der Waals surface area contributed by atoms with E-state index in [0.717, 1.165) is 22.2 Å². The zero-order valence-electron chi connectivity index (χ0n) is 13.3. The van der Waals surface area contributed by atoms with Gasteiger partial charge in [-0.1, -0.05) is 60.2 Å². The van der Waals surface area contributed by atoms with Crippen molar-refractivity contribution in [1.29, 1.82) is 0 Å². The summed E-state index contributed by atoms with van der Waals surface area (Å²) in [6.45, 7) is 4.04. The minimum absolute atomic E-state index is 0.120. The van der Waals surface area contributed by atoms with E-state index in [1.807, 2.05) is 56.3 Å². The Kier molecular flexibility index (Phi) is 4.24. The van der Waals surface area contributed by atoms with Crippen LogP contribution in [0.2, 0.25) is 0 Å². The number of hydrogen-bond donors (Lipinski definition) is 1. The summed E-state index contributed by atoms with van der Waals surface area (Å²) >= 11 is 0. The van der Waals surface area contributed by atoms with Gasteiger partial charge in [-0.3, -0.25) is 4.79 Å². The summed E-state index contributed by atoms with van der Waals surface area (Å²) in [5, 5.41) is 5.24. The molecule has 0 aliphatic rings. The maximum Gasteiger partial charge on any atom is 0.248 e. The average Bonchev–Trinajstić information content (AvgIpc) is 2.55. The highest BCUT2D eigenvalue weighted by atomic mass is 16.1. The second kappa shape index (κ2) is 6.49. The van der Waals surface area contributed by atoms with Crippen molar-refractivity contribution in [3.63, 3.8) is 0 Å². The fourth-order valence-electron chi connectivity index (χ4n) is 2.69. The van der Waals surface area contributed by atoms with Crippen LogP contribution in [0.25, 0.3) is 16.8 Å². The first kappa shape index (κ1) is 15.0. The number of benzene rings is 3. The Labute approximate surface area is 136 Å². The quantitative estimate of drug-likeness (QED) is 0.669. The molecule has 0 spiro atoms. The first-order valence-corrected chi connectivity index (χ1v) is 7.67. The van der Waals surface area contributed by atoms with Gasteiger partial charge in [0.2, 0.25) is 5.91 Å². The van der Waals surface area contributed by atoms with Gasteiger partial charge in [0, 0.05) is 11.8 Å². The van der Waals surface area contributed by atoms with Gasteiger partial charge in [0.05, 0.1) is 0 Å². The van der Waals surface area contributed by atoms with E-state index in [1.165, 1.54) is 10.9 Å². The van der Waals surface area contributed by atoms with E-state index in [0.29, 0.717) is 0 Å². The molecule has 3 aromatic rings. The first-order chi connectivity index (χ1) is 11.1. The van der Waals surface area contributed by atoms with Crippen LogP contribution in [0.4, 0.5) is 5.69 Å². The third-order valence-corrected chi connectivity index (χ3v) is 3.88. The van der Waals surface area contributed by atoms with Crippen molar-refractivity contribution < 1.29 is 4.79 Å². The SMILES string of the molecule is Cc1ccc(NC(=O)/C=C\c2cccc3ccccc23)c(C)c1. The van der Waals surface area contributed by atoms with Gasteiger partial charge in [-0.15, -0.1) is 0 Å². The molecule has 23 heavy (non-hydrogen) atoms. The fourth-order valence-corrected chi connectivity index (χ4v) is 2.69. The van der Waals surface area contributed by atoms with Crippen molar-refractivity contribution in [3.05, 3.63) is 83.4 Å². The highest BCUT2D eigenvalue weighted by Gasteiger charge is 2.02. The number of fused-ring (bicyclic) bond motifs is 1. The molecule has 3 rings (SSSR count). The molecule has 3 aromatic carbocycles. The highest BCUT2D eigenvalue weighted by molar-refractivity contribution is 6.03. The molecule has 0 atom stereocenters. The number of aryl methyl sites for hydroxylation is 2. The zero-order valence-corrected chi connectivity index (χ0v) is 13.3. The third kappa shape index (κ3) is 3.49. The van der Waals surface area contributed by atoms with Crippen LogP contribution in [0.15, 0.2) is 66.7 Å². The number of carbonyl (C=O) groups excluding carboxylic acids is 1. The lowest BCUT2D eigenvalue weighted by Gasteiger charge is -2.07. The predicted molar refractivity (Wildman–Crippen MR) is 97.5 cm³/mol. The molecule has 0 saturated carbocycles. The third-order valence-electron chi connectivity index (χ3n) is 3.88. The van der Waals surface area contributed by atoms with E-state index in [4.69, 9.17) is 0 Å². The van der Waals surface area contributed by atoms with Crippen molar-refractivity contribution in [1.82, 2.24) is 0 Å². The minimum atomic E-state index is -0.120. The van der Waals surface area contributed by atoms with Crippen molar-refractivity contribution in [2.75, 3.05) is 5.32 Å². The van der Waals surface area contributed by atoms with Gasteiger partial charge in [-0.05, 0) is 47.9 Å². The molecule has 0 aliphatic carbocycles. The Bertz CT molecular complexity index is 888.